The monoisotopic (exact) mass is 261 g/mol. The maximum Gasteiger partial charge on any atom is 0.271 e. The van der Waals surface area contributed by atoms with E-state index in [4.69, 9.17) is 0 Å². The van der Waals surface area contributed by atoms with Gasteiger partial charge in [0.2, 0.25) is 0 Å². The van der Waals surface area contributed by atoms with Crippen molar-refractivity contribution in [2.24, 2.45) is 0 Å². The molecule has 0 aliphatic heterocycles. The van der Waals surface area contributed by atoms with Crippen LogP contribution >= 0.6 is 0 Å². The number of hydrogen-bond acceptors (Lipinski definition) is 3. The minimum absolute atomic E-state index is 0.119. The van der Waals surface area contributed by atoms with Gasteiger partial charge in [0.25, 0.3) is 11.5 Å². The normalized spacial score (nSPS) is 10.2. The van der Waals surface area contributed by atoms with Crippen LogP contribution in [0.1, 0.15) is 16.1 Å². The van der Waals surface area contributed by atoms with E-state index < -0.39 is 5.91 Å². The van der Waals surface area contributed by atoms with E-state index in [1.807, 2.05) is 0 Å². The van der Waals surface area contributed by atoms with Gasteiger partial charge in [0.15, 0.2) is 0 Å². The van der Waals surface area contributed by atoms with Crippen LogP contribution in [0.4, 0.5) is 4.39 Å². The highest BCUT2D eigenvalue weighted by molar-refractivity contribution is 5.91. The number of benzene rings is 1. The van der Waals surface area contributed by atoms with E-state index in [-0.39, 0.29) is 17.1 Å². The van der Waals surface area contributed by atoms with Crippen LogP contribution in [0.5, 0.6) is 0 Å². The first-order valence-electron chi connectivity index (χ1n) is 5.74. The molecule has 0 atom stereocenters. The molecule has 1 heterocycles. The lowest BCUT2D eigenvalue weighted by molar-refractivity contribution is 0.0948. The van der Waals surface area contributed by atoms with Crippen molar-refractivity contribution < 1.29 is 9.18 Å². The van der Waals surface area contributed by atoms with E-state index in [0.29, 0.717) is 18.5 Å². The maximum atomic E-state index is 13.3. The lowest BCUT2D eigenvalue weighted by Crippen LogP contribution is -2.27. The standard InChI is InChI=1S/C13H12FN3O2/c14-10-4-2-1-3-9(10)7-8-15-13(19)11-5-6-12(18)17-16-11/h1-6H,7-8H2,(H,15,19)(H,17,18). The topological polar surface area (TPSA) is 74.8 Å². The summed E-state index contributed by atoms with van der Waals surface area (Å²) in [5.74, 6) is -0.702. The molecule has 1 amide bonds. The Morgan fingerprint density at radius 3 is 2.74 bits per heavy atom. The van der Waals surface area contributed by atoms with Gasteiger partial charge in [0, 0.05) is 12.6 Å². The second kappa shape index (κ2) is 5.90. The Kier molecular flexibility index (Phi) is 4.02. The number of halogens is 1. The number of aromatic nitrogens is 2. The van der Waals surface area contributed by atoms with E-state index in [9.17, 15) is 14.0 Å². The summed E-state index contributed by atoms with van der Waals surface area (Å²) in [7, 11) is 0. The average molecular weight is 261 g/mol. The van der Waals surface area contributed by atoms with E-state index in [1.165, 1.54) is 18.2 Å². The fraction of sp³-hybridized carbons (Fsp3) is 0.154. The summed E-state index contributed by atoms with van der Waals surface area (Å²) >= 11 is 0. The summed E-state index contributed by atoms with van der Waals surface area (Å²) in [6.45, 7) is 0.292. The third kappa shape index (κ3) is 3.48. The zero-order chi connectivity index (χ0) is 13.7. The van der Waals surface area contributed by atoms with Crippen molar-refractivity contribution in [1.82, 2.24) is 15.5 Å². The Morgan fingerprint density at radius 2 is 2.05 bits per heavy atom. The van der Waals surface area contributed by atoms with Gasteiger partial charge in [-0.1, -0.05) is 18.2 Å². The van der Waals surface area contributed by atoms with Gasteiger partial charge in [-0.15, -0.1) is 0 Å². The zero-order valence-corrected chi connectivity index (χ0v) is 10.0. The minimum Gasteiger partial charge on any atom is -0.350 e. The van der Waals surface area contributed by atoms with Crippen molar-refractivity contribution in [2.45, 2.75) is 6.42 Å². The van der Waals surface area contributed by atoms with Crippen molar-refractivity contribution in [1.29, 1.82) is 0 Å². The molecule has 0 aliphatic carbocycles. The van der Waals surface area contributed by atoms with Crippen LogP contribution in [-0.2, 0) is 6.42 Å². The van der Waals surface area contributed by atoms with E-state index in [1.54, 1.807) is 18.2 Å². The minimum atomic E-state index is -0.410. The Bertz CT molecular complexity index is 619. The lowest BCUT2D eigenvalue weighted by Gasteiger charge is -2.05. The smallest absolute Gasteiger partial charge is 0.271 e. The van der Waals surface area contributed by atoms with Crippen molar-refractivity contribution in [3.8, 4) is 0 Å². The molecular weight excluding hydrogens is 249 g/mol. The van der Waals surface area contributed by atoms with Gasteiger partial charge in [0.1, 0.15) is 11.5 Å². The first-order chi connectivity index (χ1) is 9.16. The van der Waals surface area contributed by atoms with Crippen LogP contribution in [-0.4, -0.2) is 22.6 Å². The molecule has 2 N–H and O–H groups in total. The summed E-state index contributed by atoms with van der Waals surface area (Å²) < 4.78 is 13.3. The van der Waals surface area contributed by atoms with E-state index in [2.05, 4.69) is 15.5 Å². The number of amides is 1. The van der Waals surface area contributed by atoms with Gasteiger partial charge in [-0.3, -0.25) is 9.59 Å². The Labute approximate surface area is 108 Å². The predicted octanol–water partition coefficient (Wildman–Crippen LogP) is 0.881. The molecule has 0 fully saturated rings. The second-order valence-corrected chi connectivity index (χ2v) is 3.90. The first kappa shape index (κ1) is 12.9. The van der Waals surface area contributed by atoms with Crippen LogP contribution in [0.3, 0.4) is 0 Å². The SMILES string of the molecule is O=C(NCCc1ccccc1F)c1ccc(=O)[nH]n1. The number of nitrogens with zero attached hydrogens (tertiary/aromatic N) is 1. The highest BCUT2D eigenvalue weighted by atomic mass is 19.1. The second-order valence-electron chi connectivity index (χ2n) is 3.90. The Balaban J connectivity index is 1.89. The number of nitrogens with one attached hydrogen (secondary N) is 2. The molecule has 1 aromatic carbocycles. The zero-order valence-electron chi connectivity index (χ0n) is 10.0. The third-order valence-electron chi connectivity index (χ3n) is 2.55. The summed E-state index contributed by atoms with van der Waals surface area (Å²) in [6, 6.07) is 8.95. The van der Waals surface area contributed by atoms with Crippen LogP contribution in [0.25, 0.3) is 0 Å². The Hall–Kier alpha value is -2.50. The molecule has 0 saturated heterocycles. The third-order valence-corrected chi connectivity index (χ3v) is 2.55. The summed E-state index contributed by atoms with van der Waals surface area (Å²) in [5.41, 5.74) is 0.285. The largest absolute Gasteiger partial charge is 0.350 e. The highest BCUT2D eigenvalue weighted by Gasteiger charge is 2.07. The summed E-state index contributed by atoms with van der Waals surface area (Å²) in [4.78, 5) is 22.4. The van der Waals surface area contributed by atoms with Crippen molar-refractivity contribution in [3.05, 3.63) is 63.8 Å². The Morgan fingerprint density at radius 1 is 1.26 bits per heavy atom. The summed E-state index contributed by atoms with van der Waals surface area (Å²) in [6.07, 6.45) is 0.391. The predicted molar refractivity (Wildman–Crippen MR) is 67.3 cm³/mol. The molecule has 19 heavy (non-hydrogen) atoms. The maximum absolute atomic E-state index is 13.3. The molecule has 0 radical (unpaired) electrons. The molecule has 0 bridgehead atoms. The average Bonchev–Trinajstić information content (AvgIpc) is 2.41. The summed E-state index contributed by atoms with van der Waals surface area (Å²) in [5, 5.41) is 8.37. The number of rotatable bonds is 4. The van der Waals surface area contributed by atoms with Crippen LogP contribution in [0, 0.1) is 5.82 Å². The van der Waals surface area contributed by atoms with Crippen molar-refractivity contribution in [3.63, 3.8) is 0 Å². The highest BCUT2D eigenvalue weighted by Crippen LogP contribution is 2.06. The van der Waals surface area contributed by atoms with Gasteiger partial charge in [-0.2, -0.15) is 5.10 Å². The van der Waals surface area contributed by atoms with Crippen LogP contribution in [0.15, 0.2) is 41.2 Å². The molecule has 0 saturated carbocycles. The fourth-order valence-corrected chi connectivity index (χ4v) is 1.57. The molecule has 1 aromatic heterocycles. The van der Waals surface area contributed by atoms with E-state index >= 15 is 0 Å². The quantitative estimate of drug-likeness (QED) is 0.858. The molecule has 0 aliphatic rings. The molecule has 0 spiro atoms. The van der Waals surface area contributed by atoms with Gasteiger partial charge in [0.05, 0.1) is 0 Å². The van der Waals surface area contributed by atoms with E-state index in [0.717, 1.165) is 0 Å². The number of H-pyrrole nitrogens is 1. The first-order valence-corrected chi connectivity index (χ1v) is 5.74. The van der Waals surface area contributed by atoms with Crippen LogP contribution in [0.2, 0.25) is 0 Å². The van der Waals surface area contributed by atoms with Gasteiger partial charge >= 0.3 is 0 Å². The molecular formula is C13H12FN3O2. The molecule has 98 valence electrons. The van der Waals surface area contributed by atoms with Crippen LogP contribution < -0.4 is 10.9 Å². The van der Waals surface area contributed by atoms with Crippen molar-refractivity contribution in [2.75, 3.05) is 6.54 Å². The molecule has 5 nitrogen and oxygen atoms in total. The molecule has 0 unspecified atom stereocenters. The number of carbonyl (C=O) groups is 1. The number of aromatic amines is 1. The molecule has 2 rings (SSSR count). The molecule has 2 aromatic rings. The fourth-order valence-electron chi connectivity index (χ4n) is 1.57. The molecule has 6 heteroatoms. The lowest BCUT2D eigenvalue weighted by atomic mass is 10.1. The van der Waals surface area contributed by atoms with Gasteiger partial charge < -0.3 is 5.32 Å². The van der Waals surface area contributed by atoms with Gasteiger partial charge in [-0.25, -0.2) is 9.49 Å². The number of hydrogen-bond donors (Lipinski definition) is 2. The number of carbonyl (C=O) groups excluding carboxylic acids is 1. The van der Waals surface area contributed by atoms with Gasteiger partial charge in [-0.05, 0) is 24.1 Å². The van der Waals surface area contributed by atoms with Crippen molar-refractivity contribution >= 4 is 5.91 Å².